The maximum atomic E-state index is 14.3. The van der Waals surface area contributed by atoms with Crippen LogP contribution in [-0.4, -0.2) is 52.2 Å². The van der Waals surface area contributed by atoms with Gasteiger partial charge in [-0.05, 0) is 63.7 Å². The molecule has 2 N–H and O–H groups in total. The van der Waals surface area contributed by atoms with Gasteiger partial charge >= 0.3 is 6.03 Å². The average molecular weight is 427 g/mol. The molecule has 0 bridgehead atoms. The third-order valence-corrected chi connectivity index (χ3v) is 5.89. The number of nitrogens with zero attached hydrogens (tertiary/aromatic N) is 3. The minimum Gasteiger partial charge on any atom is -0.335 e. The van der Waals surface area contributed by atoms with E-state index in [0.717, 1.165) is 54.2 Å². The smallest absolute Gasteiger partial charge is 0.318 e. The second-order valence-corrected chi connectivity index (χ2v) is 8.32. The summed E-state index contributed by atoms with van der Waals surface area (Å²) < 4.78 is 27.7. The zero-order valence-electron chi connectivity index (χ0n) is 17.8. The van der Waals surface area contributed by atoms with Gasteiger partial charge in [0.2, 0.25) is 0 Å². The van der Waals surface area contributed by atoms with Gasteiger partial charge in [0.25, 0.3) is 0 Å². The van der Waals surface area contributed by atoms with Crippen molar-refractivity contribution in [2.75, 3.05) is 20.1 Å². The second-order valence-electron chi connectivity index (χ2n) is 8.32. The Morgan fingerprint density at radius 3 is 2.71 bits per heavy atom. The van der Waals surface area contributed by atoms with Gasteiger partial charge in [-0.2, -0.15) is 5.10 Å². The van der Waals surface area contributed by atoms with Crippen LogP contribution in [0.15, 0.2) is 36.4 Å². The van der Waals surface area contributed by atoms with Crippen molar-refractivity contribution >= 4 is 16.9 Å². The fourth-order valence-electron chi connectivity index (χ4n) is 3.98. The van der Waals surface area contributed by atoms with Crippen molar-refractivity contribution in [1.29, 1.82) is 0 Å². The molecule has 31 heavy (non-hydrogen) atoms. The van der Waals surface area contributed by atoms with E-state index in [1.807, 2.05) is 25.1 Å². The van der Waals surface area contributed by atoms with Crippen LogP contribution >= 0.6 is 0 Å². The Morgan fingerprint density at radius 2 is 1.97 bits per heavy atom. The van der Waals surface area contributed by atoms with Gasteiger partial charge in [-0.1, -0.05) is 12.1 Å². The zero-order valence-corrected chi connectivity index (χ0v) is 17.8. The monoisotopic (exact) mass is 427 g/mol. The molecule has 6 nitrogen and oxygen atoms in total. The first-order valence-corrected chi connectivity index (χ1v) is 10.5. The molecule has 8 heteroatoms. The molecule has 0 saturated carbocycles. The number of aryl methyl sites for hydroxylation is 1. The Bertz CT molecular complexity index is 1080. The van der Waals surface area contributed by atoms with E-state index in [-0.39, 0.29) is 24.2 Å². The lowest BCUT2D eigenvalue weighted by atomic mass is 10.1. The Labute approximate surface area is 180 Å². The van der Waals surface area contributed by atoms with E-state index in [4.69, 9.17) is 0 Å². The van der Waals surface area contributed by atoms with Crippen LogP contribution in [0.5, 0.6) is 0 Å². The van der Waals surface area contributed by atoms with Crippen molar-refractivity contribution in [3.8, 4) is 0 Å². The number of carbonyl (C=O) groups is 1. The predicted molar refractivity (Wildman–Crippen MR) is 115 cm³/mol. The van der Waals surface area contributed by atoms with Gasteiger partial charge in [0.15, 0.2) is 0 Å². The first-order valence-electron chi connectivity index (χ1n) is 10.5. The molecule has 1 saturated heterocycles. The summed E-state index contributed by atoms with van der Waals surface area (Å²) in [5.41, 5.74) is 3.00. The minimum absolute atomic E-state index is 0.0486. The number of rotatable bonds is 5. The van der Waals surface area contributed by atoms with E-state index in [1.54, 1.807) is 4.90 Å². The van der Waals surface area contributed by atoms with Crippen molar-refractivity contribution in [1.82, 2.24) is 25.3 Å². The van der Waals surface area contributed by atoms with Crippen molar-refractivity contribution in [2.24, 2.45) is 0 Å². The number of urea groups is 1. The van der Waals surface area contributed by atoms with Crippen LogP contribution in [0, 0.1) is 18.6 Å². The molecule has 0 radical (unpaired) electrons. The average Bonchev–Trinajstić information content (AvgIpc) is 3.11. The van der Waals surface area contributed by atoms with Crippen LogP contribution in [0.2, 0.25) is 0 Å². The quantitative estimate of drug-likeness (QED) is 0.648. The number of carbonyl (C=O) groups excluding carboxylic acids is 1. The van der Waals surface area contributed by atoms with Crippen LogP contribution < -0.4 is 5.32 Å². The summed E-state index contributed by atoms with van der Waals surface area (Å²) in [7, 11) is 2.07. The lowest BCUT2D eigenvalue weighted by molar-refractivity contribution is 0.175. The molecule has 0 spiro atoms. The number of H-pyrrole nitrogens is 1. The van der Waals surface area contributed by atoms with Crippen molar-refractivity contribution in [3.05, 3.63) is 64.9 Å². The Hall–Kier alpha value is -3.00. The molecule has 4 rings (SSSR count). The van der Waals surface area contributed by atoms with Crippen molar-refractivity contribution in [2.45, 2.75) is 38.9 Å². The predicted octanol–water partition coefficient (Wildman–Crippen LogP) is 3.96. The number of piperidine rings is 1. The zero-order chi connectivity index (χ0) is 22.0. The maximum Gasteiger partial charge on any atom is 0.318 e. The summed E-state index contributed by atoms with van der Waals surface area (Å²) in [6.45, 7) is 4.14. The van der Waals surface area contributed by atoms with E-state index in [1.165, 1.54) is 12.1 Å². The highest BCUT2D eigenvalue weighted by Crippen LogP contribution is 2.20. The van der Waals surface area contributed by atoms with Crippen molar-refractivity contribution in [3.63, 3.8) is 0 Å². The van der Waals surface area contributed by atoms with Gasteiger partial charge in [0.1, 0.15) is 11.6 Å². The van der Waals surface area contributed by atoms with Crippen LogP contribution in [0.1, 0.15) is 29.7 Å². The molecule has 1 aromatic heterocycles. The summed E-state index contributed by atoms with van der Waals surface area (Å²) >= 11 is 0. The molecule has 0 unspecified atom stereocenters. The van der Waals surface area contributed by atoms with Gasteiger partial charge in [0.05, 0.1) is 12.1 Å². The topological polar surface area (TPSA) is 64.3 Å². The van der Waals surface area contributed by atoms with E-state index in [9.17, 15) is 13.6 Å². The molecular formula is C23H27F2N5O. The molecule has 2 heterocycles. The highest BCUT2D eigenvalue weighted by Gasteiger charge is 2.23. The minimum atomic E-state index is -0.654. The highest BCUT2D eigenvalue weighted by atomic mass is 19.1. The van der Waals surface area contributed by atoms with E-state index in [2.05, 4.69) is 27.5 Å². The number of aromatic amines is 1. The number of fused-ring (bicyclic) bond motifs is 1. The molecule has 2 aromatic carbocycles. The first-order chi connectivity index (χ1) is 14.9. The number of halogens is 2. The number of benzene rings is 2. The summed E-state index contributed by atoms with van der Waals surface area (Å²) in [6, 6.07) is 9.11. The molecule has 0 aliphatic carbocycles. The number of likely N-dealkylation sites (tertiary alicyclic amines) is 1. The first kappa shape index (κ1) is 21.2. The SMILES string of the molecule is Cc1[nH]nc2ccc(CN(Cc3ccc(F)cc3F)C(=O)NC3CCN(C)CC3)cc12. The molecule has 1 aliphatic rings. The normalized spacial score (nSPS) is 15.4. The molecule has 164 valence electrons. The van der Waals surface area contributed by atoms with Gasteiger partial charge < -0.3 is 15.1 Å². The highest BCUT2D eigenvalue weighted by molar-refractivity contribution is 5.82. The van der Waals surface area contributed by atoms with Crippen LogP contribution in [0.3, 0.4) is 0 Å². The summed E-state index contributed by atoms with van der Waals surface area (Å²) in [5.74, 6) is -1.29. The number of aromatic nitrogens is 2. The standard InChI is InChI=1S/C23H27F2N5O/c1-15-20-11-16(3-6-22(20)28-27-15)13-30(14-17-4-5-18(24)12-21(17)25)23(31)26-19-7-9-29(2)10-8-19/h3-6,11-12,19H,7-10,13-14H2,1-2H3,(H,26,31)(H,27,28). The van der Waals surface area contributed by atoms with Crippen LogP contribution in [0.25, 0.3) is 10.9 Å². The number of hydrogen-bond acceptors (Lipinski definition) is 3. The van der Waals surface area contributed by atoms with Crippen molar-refractivity contribution < 1.29 is 13.6 Å². The third-order valence-electron chi connectivity index (χ3n) is 5.89. The lowest BCUT2D eigenvalue weighted by Gasteiger charge is -2.32. The van der Waals surface area contributed by atoms with Gasteiger partial charge in [-0.3, -0.25) is 5.10 Å². The molecule has 3 aromatic rings. The van der Waals surface area contributed by atoms with E-state index < -0.39 is 11.6 Å². The molecule has 1 aliphatic heterocycles. The fourth-order valence-corrected chi connectivity index (χ4v) is 3.98. The molecule has 1 fully saturated rings. The Morgan fingerprint density at radius 1 is 1.19 bits per heavy atom. The van der Waals surface area contributed by atoms with E-state index >= 15 is 0 Å². The lowest BCUT2D eigenvalue weighted by Crippen LogP contribution is -2.48. The van der Waals surface area contributed by atoms with Crippen LogP contribution in [0.4, 0.5) is 13.6 Å². The summed E-state index contributed by atoms with van der Waals surface area (Å²) in [5, 5.41) is 11.3. The summed E-state index contributed by atoms with van der Waals surface area (Å²) in [4.78, 5) is 17.0. The van der Waals surface area contributed by atoms with E-state index in [0.29, 0.717) is 6.54 Å². The molecule has 0 atom stereocenters. The molecular weight excluding hydrogens is 400 g/mol. The number of amides is 2. The van der Waals surface area contributed by atoms with Gasteiger partial charge in [-0.25, -0.2) is 13.6 Å². The molecule has 2 amide bonds. The second kappa shape index (κ2) is 9.01. The Balaban J connectivity index is 1.55. The van der Waals surface area contributed by atoms with Gasteiger partial charge in [0, 0.05) is 35.3 Å². The Kier molecular flexibility index (Phi) is 6.18. The fraction of sp³-hybridized carbons (Fsp3) is 0.391. The maximum absolute atomic E-state index is 14.3. The number of hydrogen-bond donors (Lipinski definition) is 2. The third kappa shape index (κ3) is 5.02. The largest absolute Gasteiger partial charge is 0.335 e. The number of nitrogens with one attached hydrogen (secondary N) is 2. The van der Waals surface area contributed by atoms with Gasteiger partial charge in [-0.15, -0.1) is 0 Å². The van der Waals surface area contributed by atoms with Crippen LogP contribution in [-0.2, 0) is 13.1 Å². The summed E-state index contributed by atoms with van der Waals surface area (Å²) in [6.07, 6.45) is 1.75.